The number of carbonyl (C=O) groups excluding carboxylic acids is 1. The molecule has 138 valence electrons. The van der Waals surface area contributed by atoms with E-state index in [-0.39, 0.29) is 12.5 Å². The quantitative estimate of drug-likeness (QED) is 0.832. The third kappa shape index (κ3) is 5.09. The summed E-state index contributed by atoms with van der Waals surface area (Å²) in [5.74, 6) is 1.56. The van der Waals surface area contributed by atoms with Gasteiger partial charge in [-0.3, -0.25) is 4.79 Å². The van der Waals surface area contributed by atoms with Crippen LogP contribution in [0.15, 0.2) is 54.6 Å². The van der Waals surface area contributed by atoms with E-state index in [1.165, 1.54) is 5.56 Å². The molecule has 0 unspecified atom stereocenters. The smallest absolute Gasteiger partial charge is 0.260 e. The van der Waals surface area contributed by atoms with Gasteiger partial charge in [0.25, 0.3) is 5.91 Å². The van der Waals surface area contributed by atoms with Crippen LogP contribution >= 0.6 is 0 Å². The third-order valence-corrected chi connectivity index (χ3v) is 5.02. The van der Waals surface area contributed by atoms with Gasteiger partial charge in [-0.2, -0.15) is 0 Å². The number of nitrogens with zero attached hydrogens (tertiary/aromatic N) is 1. The number of hydrogen-bond acceptors (Lipinski definition) is 3. The molecule has 2 aromatic rings. The Hall–Kier alpha value is -2.33. The zero-order valence-corrected chi connectivity index (χ0v) is 15.5. The Morgan fingerprint density at radius 2 is 1.77 bits per heavy atom. The topological polar surface area (TPSA) is 41.6 Å². The Balaban J connectivity index is 1.54. The molecule has 1 heterocycles. The van der Waals surface area contributed by atoms with E-state index in [0.29, 0.717) is 5.92 Å². The lowest BCUT2D eigenvalue weighted by Gasteiger charge is -2.32. The van der Waals surface area contributed by atoms with E-state index in [4.69, 9.17) is 4.74 Å². The van der Waals surface area contributed by atoms with E-state index < -0.39 is 0 Å². The van der Waals surface area contributed by atoms with E-state index in [1.54, 1.807) is 0 Å². The monoisotopic (exact) mass is 352 g/mol. The van der Waals surface area contributed by atoms with Gasteiger partial charge in [-0.05, 0) is 49.5 Å². The molecule has 1 aliphatic rings. The van der Waals surface area contributed by atoms with E-state index in [9.17, 15) is 4.79 Å². The minimum absolute atomic E-state index is 0.0856. The van der Waals surface area contributed by atoms with Crippen LogP contribution in [0, 0.1) is 5.92 Å². The molecule has 1 aliphatic heterocycles. The third-order valence-electron chi connectivity index (χ3n) is 5.02. The SMILES string of the molecule is CNCC1CCN(C(=O)COc2ccccc2Cc2ccccc2)CC1. The van der Waals surface area contributed by atoms with Gasteiger partial charge in [0.2, 0.25) is 0 Å². The number of rotatable bonds is 7. The Morgan fingerprint density at radius 1 is 1.08 bits per heavy atom. The Morgan fingerprint density at radius 3 is 2.50 bits per heavy atom. The van der Waals surface area contributed by atoms with E-state index in [0.717, 1.165) is 50.2 Å². The van der Waals surface area contributed by atoms with E-state index >= 15 is 0 Å². The zero-order chi connectivity index (χ0) is 18.2. The van der Waals surface area contributed by atoms with Crippen LogP contribution in [0.1, 0.15) is 24.0 Å². The van der Waals surface area contributed by atoms with Gasteiger partial charge in [0.05, 0.1) is 0 Å². The van der Waals surface area contributed by atoms with Gasteiger partial charge >= 0.3 is 0 Å². The van der Waals surface area contributed by atoms with Crippen molar-refractivity contribution in [1.82, 2.24) is 10.2 Å². The number of amides is 1. The summed E-state index contributed by atoms with van der Waals surface area (Å²) < 4.78 is 5.90. The molecule has 0 bridgehead atoms. The second-order valence-electron chi connectivity index (χ2n) is 6.94. The molecule has 0 saturated carbocycles. The number of benzene rings is 2. The predicted molar refractivity (Wildman–Crippen MR) is 104 cm³/mol. The minimum atomic E-state index is 0.0856. The first-order valence-electron chi connectivity index (χ1n) is 9.43. The van der Waals surface area contributed by atoms with Gasteiger partial charge in [-0.15, -0.1) is 0 Å². The molecule has 0 radical (unpaired) electrons. The summed E-state index contributed by atoms with van der Waals surface area (Å²) in [5, 5.41) is 3.23. The average molecular weight is 352 g/mol. The average Bonchev–Trinajstić information content (AvgIpc) is 2.69. The van der Waals surface area contributed by atoms with Gasteiger partial charge in [0, 0.05) is 19.5 Å². The Kier molecular flexibility index (Phi) is 6.67. The number of hydrogen-bond donors (Lipinski definition) is 1. The molecule has 26 heavy (non-hydrogen) atoms. The lowest BCUT2D eigenvalue weighted by Crippen LogP contribution is -2.42. The van der Waals surface area contributed by atoms with Crippen LogP contribution in [0.2, 0.25) is 0 Å². The van der Waals surface area contributed by atoms with Crippen LogP contribution in [0.5, 0.6) is 5.75 Å². The lowest BCUT2D eigenvalue weighted by atomic mass is 9.97. The van der Waals surface area contributed by atoms with Gasteiger partial charge < -0.3 is 15.0 Å². The van der Waals surface area contributed by atoms with Crippen LogP contribution in [0.4, 0.5) is 0 Å². The van der Waals surface area contributed by atoms with Crippen LogP contribution in [-0.2, 0) is 11.2 Å². The molecule has 4 heteroatoms. The first-order chi connectivity index (χ1) is 12.8. The second kappa shape index (κ2) is 9.39. The highest BCUT2D eigenvalue weighted by Crippen LogP contribution is 2.22. The van der Waals surface area contributed by atoms with Gasteiger partial charge in [-0.25, -0.2) is 0 Å². The van der Waals surface area contributed by atoms with Crippen molar-refractivity contribution in [2.45, 2.75) is 19.3 Å². The highest BCUT2D eigenvalue weighted by Gasteiger charge is 2.22. The fourth-order valence-electron chi connectivity index (χ4n) is 3.51. The summed E-state index contributed by atoms with van der Waals surface area (Å²) in [6.45, 7) is 2.81. The maximum absolute atomic E-state index is 12.5. The van der Waals surface area contributed by atoms with Crippen molar-refractivity contribution < 1.29 is 9.53 Å². The molecule has 3 rings (SSSR count). The summed E-state index contributed by atoms with van der Waals surface area (Å²) in [6.07, 6.45) is 2.94. The summed E-state index contributed by atoms with van der Waals surface area (Å²) in [6, 6.07) is 18.3. The van der Waals surface area contributed by atoms with E-state index in [1.807, 2.05) is 48.3 Å². The van der Waals surface area contributed by atoms with Crippen molar-refractivity contribution >= 4 is 5.91 Å². The van der Waals surface area contributed by atoms with Gasteiger partial charge in [0.1, 0.15) is 5.75 Å². The lowest BCUT2D eigenvalue weighted by molar-refractivity contribution is -0.134. The molecule has 1 amide bonds. The van der Waals surface area contributed by atoms with Crippen molar-refractivity contribution in [3.63, 3.8) is 0 Å². The fraction of sp³-hybridized carbons (Fsp3) is 0.409. The van der Waals surface area contributed by atoms with Crippen LogP contribution in [0.25, 0.3) is 0 Å². The van der Waals surface area contributed by atoms with Crippen LogP contribution in [-0.4, -0.2) is 44.1 Å². The minimum Gasteiger partial charge on any atom is -0.483 e. The highest BCUT2D eigenvalue weighted by atomic mass is 16.5. The van der Waals surface area contributed by atoms with Gasteiger partial charge in [-0.1, -0.05) is 48.5 Å². The molecule has 0 aromatic heterocycles. The summed E-state index contributed by atoms with van der Waals surface area (Å²) in [4.78, 5) is 14.4. The standard InChI is InChI=1S/C22H28N2O2/c1-23-16-19-11-13-24(14-12-19)22(25)17-26-21-10-6-5-9-20(21)15-18-7-3-2-4-8-18/h2-10,19,23H,11-17H2,1H3. The second-order valence-corrected chi connectivity index (χ2v) is 6.94. The molecule has 1 N–H and O–H groups in total. The van der Waals surface area contributed by atoms with Crippen LogP contribution < -0.4 is 10.1 Å². The first kappa shape index (κ1) is 18.5. The summed E-state index contributed by atoms with van der Waals surface area (Å²) in [7, 11) is 1.98. The number of nitrogens with one attached hydrogen (secondary N) is 1. The largest absolute Gasteiger partial charge is 0.483 e. The molecule has 4 nitrogen and oxygen atoms in total. The number of piperidine rings is 1. The maximum atomic E-state index is 12.5. The van der Waals surface area contributed by atoms with Crippen molar-refractivity contribution in [2.24, 2.45) is 5.92 Å². The van der Waals surface area contributed by atoms with Crippen molar-refractivity contribution in [3.8, 4) is 5.75 Å². The number of para-hydroxylation sites is 1. The number of ether oxygens (including phenoxy) is 1. The first-order valence-corrected chi connectivity index (χ1v) is 9.43. The molecular formula is C22H28N2O2. The summed E-state index contributed by atoms with van der Waals surface area (Å²) in [5.41, 5.74) is 2.35. The van der Waals surface area contributed by atoms with Crippen molar-refractivity contribution in [3.05, 3.63) is 65.7 Å². The predicted octanol–water partition coefficient (Wildman–Crippen LogP) is 3.11. The molecule has 1 fully saturated rings. The highest BCUT2D eigenvalue weighted by molar-refractivity contribution is 5.77. The Bertz CT molecular complexity index is 694. The van der Waals surface area contributed by atoms with Crippen molar-refractivity contribution in [2.75, 3.05) is 33.3 Å². The molecular weight excluding hydrogens is 324 g/mol. The summed E-state index contributed by atoms with van der Waals surface area (Å²) >= 11 is 0. The zero-order valence-electron chi connectivity index (χ0n) is 15.5. The molecule has 0 aliphatic carbocycles. The van der Waals surface area contributed by atoms with Crippen molar-refractivity contribution in [1.29, 1.82) is 0 Å². The molecule has 0 atom stereocenters. The molecule has 1 saturated heterocycles. The van der Waals surface area contributed by atoms with Gasteiger partial charge in [0.15, 0.2) is 6.61 Å². The Labute approximate surface area is 156 Å². The maximum Gasteiger partial charge on any atom is 0.260 e. The number of likely N-dealkylation sites (tertiary alicyclic amines) is 1. The fourth-order valence-corrected chi connectivity index (χ4v) is 3.51. The molecule has 2 aromatic carbocycles. The molecule has 0 spiro atoms. The normalized spacial score (nSPS) is 15.0. The number of carbonyl (C=O) groups is 1. The van der Waals surface area contributed by atoms with E-state index in [2.05, 4.69) is 23.5 Å². The van der Waals surface area contributed by atoms with Crippen LogP contribution in [0.3, 0.4) is 0 Å².